The van der Waals surface area contributed by atoms with E-state index in [0.717, 1.165) is 0 Å². The number of carboxylic acids is 3. The summed E-state index contributed by atoms with van der Waals surface area (Å²) in [5.74, 6) is -5.97. The maximum absolute atomic E-state index is 10.00. The van der Waals surface area contributed by atoms with Crippen LogP contribution in [-0.4, -0.2) is 33.2 Å². The summed E-state index contributed by atoms with van der Waals surface area (Å²) in [6, 6.07) is 0. The molecule has 3 N–H and O–H groups in total. The Labute approximate surface area is 61.1 Å². The summed E-state index contributed by atoms with van der Waals surface area (Å²) in [6.45, 7) is 0. The number of rotatable bonds is 4. The predicted molar refractivity (Wildman–Crippen MR) is 30.8 cm³/mol. The van der Waals surface area contributed by atoms with Crippen molar-refractivity contribution >= 4 is 17.9 Å². The summed E-state index contributed by atoms with van der Waals surface area (Å²) in [5.41, 5.74) is 0. The number of carboxylic acid groups (broad SMARTS) is 3. The number of aliphatic carboxylic acids is 3. The lowest BCUT2D eigenvalue weighted by Crippen LogP contribution is -2.23. The van der Waals surface area contributed by atoms with Gasteiger partial charge in [-0.1, -0.05) is 0 Å². The molecule has 0 aliphatic carbocycles. The highest BCUT2D eigenvalue weighted by molar-refractivity contribution is 6.10. The van der Waals surface area contributed by atoms with Gasteiger partial charge >= 0.3 is 17.9 Å². The van der Waals surface area contributed by atoms with E-state index in [2.05, 4.69) is 0 Å². The van der Waals surface area contributed by atoms with Crippen LogP contribution in [0, 0.1) is 5.92 Å². The Morgan fingerprint density at radius 2 is 1.27 bits per heavy atom. The summed E-state index contributed by atoms with van der Waals surface area (Å²) in [6.07, 6.45) is -0.981. The van der Waals surface area contributed by atoms with Crippen LogP contribution in [0.25, 0.3) is 0 Å². The fraction of sp³-hybridized carbons (Fsp3) is 0.200. The molecule has 6 nitrogen and oxygen atoms in total. The van der Waals surface area contributed by atoms with Crippen LogP contribution >= 0.6 is 0 Å². The molecular weight excluding hydrogens is 156 g/mol. The third-order valence-corrected chi connectivity index (χ3v) is 0.844. The summed E-state index contributed by atoms with van der Waals surface area (Å²) in [5, 5.41) is 24.3. The van der Waals surface area contributed by atoms with E-state index < -0.39 is 30.2 Å². The van der Waals surface area contributed by atoms with Crippen molar-refractivity contribution in [3.8, 4) is 0 Å². The topological polar surface area (TPSA) is 112 Å². The van der Waals surface area contributed by atoms with Crippen LogP contribution in [0.4, 0.5) is 0 Å². The summed E-state index contributed by atoms with van der Waals surface area (Å²) < 4.78 is 0. The first-order valence-electron chi connectivity index (χ1n) is 2.49. The van der Waals surface area contributed by atoms with Gasteiger partial charge in [0.25, 0.3) is 0 Å². The third kappa shape index (κ3) is 3.19. The molecule has 1 radical (unpaired) electrons. The lowest BCUT2D eigenvalue weighted by Gasteiger charge is -2.00. The van der Waals surface area contributed by atoms with Gasteiger partial charge in [0.05, 0.1) is 6.42 Å². The zero-order valence-electron chi connectivity index (χ0n) is 5.27. The number of hydrogen-bond donors (Lipinski definition) is 3. The van der Waals surface area contributed by atoms with Gasteiger partial charge in [-0.2, -0.15) is 0 Å². The molecule has 0 aromatic carbocycles. The fourth-order valence-corrected chi connectivity index (χ4v) is 0.394. The van der Waals surface area contributed by atoms with Gasteiger partial charge in [0.2, 0.25) is 5.92 Å². The molecule has 0 spiro atoms. The molecule has 0 aliphatic heterocycles. The Hall–Kier alpha value is -1.59. The lowest BCUT2D eigenvalue weighted by atomic mass is 10.1. The van der Waals surface area contributed by atoms with Crippen molar-refractivity contribution in [1.82, 2.24) is 0 Å². The van der Waals surface area contributed by atoms with E-state index in [1.807, 2.05) is 0 Å². The molecule has 0 aromatic heterocycles. The van der Waals surface area contributed by atoms with Gasteiger partial charge in [0.1, 0.15) is 0 Å². The molecule has 0 saturated carbocycles. The van der Waals surface area contributed by atoms with Gasteiger partial charge in [-0.15, -0.1) is 0 Å². The third-order valence-electron chi connectivity index (χ3n) is 0.844. The minimum absolute atomic E-state index is 0.981. The average molecular weight is 161 g/mol. The molecule has 61 valence electrons. The Kier molecular flexibility index (Phi) is 3.03. The molecule has 0 unspecified atom stereocenters. The van der Waals surface area contributed by atoms with Gasteiger partial charge in [0, 0.05) is 0 Å². The van der Waals surface area contributed by atoms with Crippen molar-refractivity contribution in [2.45, 2.75) is 6.42 Å². The van der Waals surface area contributed by atoms with Gasteiger partial charge < -0.3 is 15.3 Å². The van der Waals surface area contributed by atoms with Crippen LogP contribution in [0.1, 0.15) is 6.42 Å². The molecule has 0 fully saturated rings. The zero-order chi connectivity index (χ0) is 9.02. The molecule has 0 saturated heterocycles. The van der Waals surface area contributed by atoms with Crippen molar-refractivity contribution in [2.24, 2.45) is 0 Å². The fourth-order valence-electron chi connectivity index (χ4n) is 0.394. The van der Waals surface area contributed by atoms with Crippen molar-refractivity contribution in [3.05, 3.63) is 5.92 Å². The highest BCUT2D eigenvalue weighted by Gasteiger charge is 2.29. The van der Waals surface area contributed by atoms with Gasteiger partial charge in [-0.3, -0.25) is 14.4 Å². The molecule has 6 heteroatoms. The Balaban J connectivity index is 4.23. The Morgan fingerprint density at radius 3 is 1.36 bits per heavy atom. The largest absolute Gasteiger partial charge is 0.481 e. The highest BCUT2D eigenvalue weighted by Crippen LogP contribution is 2.05. The maximum Gasteiger partial charge on any atom is 0.323 e. The summed E-state index contributed by atoms with van der Waals surface area (Å²) >= 11 is 0. The van der Waals surface area contributed by atoms with E-state index in [-0.39, 0.29) is 0 Å². The standard InChI is InChI=1S/C5H5O6/c6-3(7)1-2(4(8)9)5(10)11/h1H2,(H,6,7)(H,8,9)(H,10,11). The van der Waals surface area contributed by atoms with E-state index in [0.29, 0.717) is 0 Å². The molecular formula is C5H5O6. The van der Waals surface area contributed by atoms with E-state index in [1.165, 1.54) is 0 Å². The molecule has 0 amide bonds. The lowest BCUT2D eigenvalue weighted by molar-refractivity contribution is -0.148. The highest BCUT2D eigenvalue weighted by atomic mass is 16.4. The molecule has 0 heterocycles. The van der Waals surface area contributed by atoms with Crippen LogP contribution in [0.5, 0.6) is 0 Å². The number of carbonyl (C=O) groups is 3. The van der Waals surface area contributed by atoms with Crippen molar-refractivity contribution in [1.29, 1.82) is 0 Å². The van der Waals surface area contributed by atoms with Crippen molar-refractivity contribution in [3.63, 3.8) is 0 Å². The van der Waals surface area contributed by atoms with E-state index in [9.17, 15) is 14.4 Å². The van der Waals surface area contributed by atoms with Gasteiger partial charge in [0.15, 0.2) is 0 Å². The van der Waals surface area contributed by atoms with Crippen molar-refractivity contribution < 1.29 is 29.7 Å². The smallest absolute Gasteiger partial charge is 0.323 e. The van der Waals surface area contributed by atoms with E-state index in [1.54, 1.807) is 0 Å². The predicted octanol–water partition coefficient (Wildman–Crippen LogP) is -0.795. The van der Waals surface area contributed by atoms with Crippen LogP contribution in [-0.2, 0) is 14.4 Å². The van der Waals surface area contributed by atoms with Crippen LogP contribution in [0.15, 0.2) is 0 Å². The molecule has 0 atom stereocenters. The first kappa shape index (κ1) is 9.41. The second-order valence-corrected chi connectivity index (χ2v) is 1.66. The molecule has 0 bridgehead atoms. The summed E-state index contributed by atoms with van der Waals surface area (Å²) in [4.78, 5) is 29.9. The second-order valence-electron chi connectivity index (χ2n) is 1.66. The minimum Gasteiger partial charge on any atom is -0.481 e. The van der Waals surface area contributed by atoms with Crippen LogP contribution in [0.3, 0.4) is 0 Å². The first-order chi connectivity index (χ1) is 4.95. The Bertz CT molecular complexity index is 181. The second kappa shape index (κ2) is 3.55. The quantitative estimate of drug-likeness (QED) is 0.465. The molecule has 0 rings (SSSR count). The van der Waals surface area contributed by atoms with Crippen LogP contribution in [0.2, 0.25) is 0 Å². The van der Waals surface area contributed by atoms with E-state index in [4.69, 9.17) is 15.3 Å². The number of hydrogen-bond acceptors (Lipinski definition) is 3. The van der Waals surface area contributed by atoms with Gasteiger partial charge in [-0.05, 0) is 0 Å². The minimum atomic E-state index is -1.72. The SMILES string of the molecule is O=C(O)C[C](C(=O)O)C(=O)O. The molecule has 0 aromatic rings. The first-order valence-corrected chi connectivity index (χ1v) is 2.49. The average Bonchev–Trinajstić information content (AvgIpc) is 1.81. The molecule has 11 heavy (non-hydrogen) atoms. The Morgan fingerprint density at radius 1 is 0.909 bits per heavy atom. The van der Waals surface area contributed by atoms with Gasteiger partial charge in [-0.25, -0.2) is 0 Å². The van der Waals surface area contributed by atoms with Crippen molar-refractivity contribution in [2.75, 3.05) is 0 Å². The zero-order valence-corrected chi connectivity index (χ0v) is 5.27. The monoisotopic (exact) mass is 161 g/mol. The summed E-state index contributed by atoms with van der Waals surface area (Å²) in [7, 11) is 0. The van der Waals surface area contributed by atoms with Crippen LogP contribution < -0.4 is 0 Å². The normalized spacial score (nSPS) is 9.55. The van der Waals surface area contributed by atoms with E-state index >= 15 is 0 Å². The molecule has 0 aliphatic rings. The maximum atomic E-state index is 10.00.